The number of nitrogens with zero attached hydrogens (tertiary/aromatic N) is 5. The average molecular weight is 560 g/mol. The van der Waals surface area contributed by atoms with Crippen molar-refractivity contribution < 1.29 is 18.6 Å². The highest BCUT2D eigenvalue weighted by Crippen LogP contribution is 2.40. The topological polar surface area (TPSA) is 74.6 Å². The summed E-state index contributed by atoms with van der Waals surface area (Å²) in [6.45, 7) is 5.43. The van der Waals surface area contributed by atoms with E-state index in [2.05, 4.69) is 14.9 Å². The first-order chi connectivity index (χ1) is 19.8. The number of benzene rings is 2. The van der Waals surface area contributed by atoms with Gasteiger partial charge in [0, 0.05) is 30.2 Å². The van der Waals surface area contributed by atoms with E-state index in [-0.39, 0.29) is 22.8 Å². The molecule has 7 rings (SSSR count). The molecule has 7 nitrogen and oxygen atoms in total. The van der Waals surface area contributed by atoms with Crippen LogP contribution in [-0.4, -0.2) is 68.9 Å². The zero-order valence-electron chi connectivity index (χ0n) is 23.4. The number of fused-ring (bicyclic) bond motifs is 3. The first-order valence-corrected chi connectivity index (χ1v) is 14.7. The zero-order valence-corrected chi connectivity index (χ0v) is 23.4. The molecule has 0 amide bonds. The number of β-amino-alcohol motifs (C(OH)–C–C–N with tert-alkyl or cyclic N) is 1. The first kappa shape index (κ1) is 26.5. The maximum absolute atomic E-state index is 16.5. The molecule has 3 saturated heterocycles. The normalized spacial score (nSPS) is 22.8. The van der Waals surface area contributed by atoms with Gasteiger partial charge in [-0.15, -0.1) is 0 Å². The van der Waals surface area contributed by atoms with Crippen LogP contribution in [0.2, 0.25) is 0 Å². The maximum Gasteiger partial charge on any atom is 0.319 e. The van der Waals surface area contributed by atoms with Crippen LogP contribution in [0.4, 0.5) is 14.6 Å². The third kappa shape index (κ3) is 4.69. The van der Waals surface area contributed by atoms with Gasteiger partial charge in [0.1, 0.15) is 29.5 Å². The fourth-order valence-electron chi connectivity index (χ4n) is 7.23. The number of aliphatic hydroxyl groups is 1. The molecule has 0 radical (unpaired) electrons. The van der Waals surface area contributed by atoms with Crippen molar-refractivity contribution in [3.05, 3.63) is 54.2 Å². The van der Waals surface area contributed by atoms with Gasteiger partial charge in [0.05, 0.1) is 16.5 Å². The Morgan fingerprint density at radius 3 is 2.54 bits per heavy atom. The first-order valence-electron chi connectivity index (χ1n) is 14.7. The molecular weight excluding hydrogens is 524 g/mol. The molecule has 0 bridgehead atoms. The van der Waals surface area contributed by atoms with Gasteiger partial charge in [-0.3, -0.25) is 9.88 Å². The molecular formula is C32H35F2N5O2. The van der Waals surface area contributed by atoms with E-state index in [0.717, 1.165) is 51.6 Å². The lowest BCUT2D eigenvalue weighted by Crippen LogP contribution is -2.43. The second kappa shape index (κ2) is 10.1. The minimum Gasteiger partial charge on any atom is -0.461 e. The van der Waals surface area contributed by atoms with E-state index < -0.39 is 17.2 Å². The van der Waals surface area contributed by atoms with E-state index in [1.807, 2.05) is 11.8 Å². The smallest absolute Gasteiger partial charge is 0.319 e. The van der Waals surface area contributed by atoms with Gasteiger partial charge >= 0.3 is 6.01 Å². The fourth-order valence-corrected chi connectivity index (χ4v) is 7.23. The second-order valence-electron chi connectivity index (χ2n) is 12.2. The van der Waals surface area contributed by atoms with E-state index in [1.54, 1.807) is 36.5 Å². The van der Waals surface area contributed by atoms with Gasteiger partial charge in [-0.05, 0) is 76.4 Å². The van der Waals surface area contributed by atoms with E-state index in [0.29, 0.717) is 53.7 Å². The van der Waals surface area contributed by atoms with Gasteiger partial charge in [-0.1, -0.05) is 30.3 Å². The molecule has 41 heavy (non-hydrogen) atoms. The lowest BCUT2D eigenvalue weighted by Gasteiger charge is -2.32. The van der Waals surface area contributed by atoms with Crippen LogP contribution < -0.4 is 9.64 Å². The molecule has 214 valence electrons. The molecule has 1 N–H and O–H groups in total. The lowest BCUT2D eigenvalue weighted by molar-refractivity contribution is 0.0611. The molecule has 3 aliphatic rings. The van der Waals surface area contributed by atoms with Crippen molar-refractivity contribution in [3.8, 4) is 17.3 Å². The van der Waals surface area contributed by atoms with Crippen LogP contribution in [0.5, 0.6) is 6.01 Å². The molecule has 3 fully saturated rings. The van der Waals surface area contributed by atoms with Gasteiger partial charge < -0.3 is 14.7 Å². The molecule has 1 atom stereocenters. The van der Waals surface area contributed by atoms with Crippen molar-refractivity contribution in [1.29, 1.82) is 0 Å². The Balaban J connectivity index is 1.36. The second-order valence-corrected chi connectivity index (χ2v) is 12.2. The predicted octanol–water partition coefficient (Wildman–Crippen LogP) is 5.87. The molecule has 5 heterocycles. The molecule has 0 spiro atoms. The van der Waals surface area contributed by atoms with Crippen LogP contribution in [0, 0.1) is 11.6 Å². The third-order valence-corrected chi connectivity index (χ3v) is 9.26. The number of rotatable bonds is 5. The Morgan fingerprint density at radius 2 is 1.73 bits per heavy atom. The molecule has 0 saturated carbocycles. The summed E-state index contributed by atoms with van der Waals surface area (Å²) in [6, 6.07) is 10.2. The summed E-state index contributed by atoms with van der Waals surface area (Å²) in [6.07, 6.45) is 8.42. The number of ether oxygens (including phenoxy) is 1. The monoisotopic (exact) mass is 559 g/mol. The zero-order chi connectivity index (χ0) is 28.2. The van der Waals surface area contributed by atoms with Crippen LogP contribution in [-0.2, 0) is 0 Å². The summed E-state index contributed by atoms with van der Waals surface area (Å²) >= 11 is 0. The molecule has 0 aliphatic carbocycles. The molecule has 2 aromatic heterocycles. The standard InChI is InChI=1S/C32H35F2N5O2/c1-31(40)12-2-3-15-38(19-31)29-23-18-35-27(22-10-4-8-21-9-5-11-24(33)25(21)22)26(34)28(23)36-30(37-29)41-20-32-13-6-16-39(32)17-7-14-32/h4-5,8-11,18,40H,2-3,6-7,12-17,19-20H2,1H3. The van der Waals surface area contributed by atoms with E-state index in [4.69, 9.17) is 9.72 Å². The van der Waals surface area contributed by atoms with Crippen molar-refractivity contribution in [3.63, 3.8) is 0 Å². The SMILES string of the molecule is CC1(O)CCCCN(c2nc(OCC34CCCN3CCC4)nc3c(F)c(-c4cccc5cccc(F)c45)ncc23)C1. The van der Waals surface area contributed by atoms with Crippen LogP contribution in [0.25, 0.3) is 32.9 Å². The van der Waals surface area contributed by atoms with E-state index in [9.17, 15) is 9.50 Å². The van der Waals surface area contributed by atoms with Crippen LogP contribution in [0.1, 0.15) is 51.9 Å². The predicted molar refractivity (Wildman–Crippen MR) is 155 cm³/mol. The summed E-state index contributed by atoms with van der Waals surface area (Å²) in [4.78, 5) is 18.4. The minimum absolute atomic E-state index is 0.0206. The minimum atomic E-state index is -0.908. The highest BCUT2D eigenvalue weighted by Gasteiger charge is 2.45. The summed E-state index contributed by atoms with van der Waals surface area (Å²) in [5.41, 5.74) is -0.448. The van der Waals surface area contributed by atoms with Crippen molar-refractivity contribution >= 4 is 27.5 Å². The molecule has 2 aromatic carbocycles. The van der Waals surface area contributed by atoms with Crippen molar-refractivity contribution in [1.82, 2.24) is 19.9 Å². The number of halogens is 2. The van der Waals surface area contributed by atoms with Gasteiger partial charge in [-0.2, -0.15) is 9.97 Å². The van der Waals surface area contributed by atoms with Gasteiger partial charge in [0.25, 0.3) is 0 Å². The quantitative estimate of drug-likeness (QED) is 0.328. The highest BCUT2D eigenvalue weighted by atomic mass is 19.1. The van der Waals surface area contributed by atoms with Crippen molar-refractivity contribution in [2.24, 2.45) is 0 Å². The van der Waals surface area contributed by atoms with Crippen LogP contribution in [0.15, 0.2) is 42.6 Å². The van der Waals surface area contributed by atoms with Gasteiger partial charge in [0.15, 0.2) is 5.82 Å². The van der Waals surface area contributed by atoms with Gasteiger partial charge in [0.2, 0.25) is 0 Å². The largest absolute Gasteiger partial charge is 0.461 e. The van der Waals surface area contributed by atoms with E-state index >= 15 is 4.39 Å². The highest BCUT2D eigenvalue weighted by molar-refractivity contribution is 5.99. The number of anilines is 1. The molecule has 1 unspecified atom stereocenters. The Bertz CT molecular complexity index is 1610. The Labute approximate surface area is 238 Å². The Kier molecular flexibility index (Phi) is 6.54. The summed E-state index contributed by atoms with van der Waals surface area (Å²) in [5.74, 6) is -0.577. The van der Waals surface area contributed by atoms with Crippen LogP contribution in [0.3, 0.4) is 0 Å². The summed E-state index contributed by atoms with van der Waals surface area (Å²) in [7, 11) is 0. The number of hydrogen-bond acceptors (Lipinski definition) is 7. The Morgan fingerprint density at radius 1 is 0.951 bits per heavy atom. The fraction of sp³-hybridized carbons (Fsp3) is 0.469. The number of hydrogen-bond donors (Lipinski definition) is 1. The number of aromatic nitrogens is 3. The molecule has 9 heteroatoms. The number of pyridine rings is 1. The average Bonchev–Trinajstić information content (AvgIpc) is 3.48. The maximum atomic E-state index is 16.5. The van der Waals surface area contributed by atoms with Crippen LogP contribution >= 0.6 is 0 Å². The van der Waals surface area contributed by atoms with Crippen molar-refractivity contribution in [2.75, 3.05) is 37.7 Å². The Hall–Kier alpha value is -3.43. The summed E-state index contributed by atoms with van der Waals surface area (Å²) in [5, 5.41) is 12.4. The van der Waals surface area contributed by atoms with Crippen molar-refractivity contribution in [2.45, 2.75) is 63.0 Å². The van der Waals surface area contributed by atoms with E-state index in [1.165, 1.54) is 6.07 Å². The molecule has 3 aliphatic heterocycles. The summed E-state index contributed by atoms with van der Waals surface area (Å²) < 4.78 is 37.8. The molecule has 4 aromatic rings. The van der Waals surface area contributed by atoms with Gasteiger partial charge in [-0.25, -0.2) is 8.78 Å². The third-order valence-electron chi connectivity index (χ3n) is 9.26. The lowest BCUT2D eigenvalue weighted by atomic mass is 9.95.